The van der Waals surface area contributed by atoms with Crippen LogP contribution in [0, 0.1) is 17.1 Å². The van der Waals surface area contributed by atoms with Gasteiger partial charge in [0.05, 0.1) is 34.9 Å². The first-order valence-electron chi connectivity index (χ1n) is 15.0. The number of hydrogen-bond acceptors (Lipinski definition) is 7. The topological polar surface area (TPSA) is 94.2 Å². The minimum Gasteiger partial charge on any atom is -0.351 e. The molecule has 11 heteroatoms. The molecule has 0 bridgehead atoms. The van der Waals surface area contributed by atoms with E-state index in [-0.39, 0.29) is 40.5 Å². The number of nitrogens with zero attached hydrogens (tertiary/aromatic N) is 8. The SMILES string of the molecule is C=CC(=O)N1CC[C@H](n2cnc3c(N4CC(N(C)C)C4)nc4c(F)c(-c5ccnc6ccccc56)c(Cl)cc4c32)C[C@H]1CC#N. The summed E-state index contributed by atoms with van der Waals surface area (Å²) in [7, 11) is 4.10. The third kappa shape index (κ3) is 4.78. The number of amides is 1. The number of likely N-dealkylation sites (N-methyl/N-ethyl adjacent to an activating group) is 1. The smallest absolute Gasteiger partial charge is 0.246 e. The molecule has 0 N–H and O–H groups in total. The van der Waals surface area contributed by atoms with E-state index in [2.05, 4.69) is 32.0 Å². The minimum atomic E-state index is -0.497. The number of anilines is 1. The highest BCUT2D eigenvalue weighted by Crippen LogP contribution is 2.43. The Morgan fingerprint density at radius 3 is 2.76 bits per heavy atom. The maximum Gasteiger partial charge on any atom is 0.246 e. The maximum absolute atomic E-state index is 17.0. The number of imidazole rings is 1. The summed E-state index contributed by atoms with van der Waals surface area (Å²) in [6, 6.07) is 13.4. The fraction of sp³-hybridized carbons (Fsp3) is 0.324. The average Bonchev–Trinajstić information content (AvgIpc) is 3.46. The van der Waals surface area contributed by atoms with Gasteiger partial charge in [-0.1, -0.05) is 36.4 Å². The molecule has 3 aromatic heterocycles. The predicted octanol–water partition coefficient (Wildman–Crippen LogP) is 5.97. The van der Waals surface area contributed by atoms with Crippen LogP contribution in [0.15, 0.2) is 61.6 Å². The monoisotopic (exact) mass is 622 g/mol. The van der Waals surface area contributed by atoms with Crippen molar-refractivity contribution in [1.82, 2.24) is 29.3 Å². The Bertz CT molecular complexity index is 2020. The number of nitriles is 1. The fourth-order valence-electron chi connectivity index (χ4n) is 6.85. The summed E-state index contributed by atoms with van der Waals surface area (Å²) in [4.78, 5) is 32.9. The predicted molar refractivity (Wildman–Crippen MR) is 175 cm³/mol. The maximum atomic E-state index is 17.0. The number of pyridine rings is 2. The summed E-state index contributed by atoms with van der Waals surface area (Å²) in [6.07, 6.45) is 6.16. The number of carbonyl (C=O) groups excluding carboxylic acids is 1. The van der Waals surface area contributed by atoms with Gasteiger partial charge in [0.1, 0.15) is 11.0 Å². The number of halogens is 2. The minimum absolute atomic E-state index is 0.0720. The van der Waals surface area contributed by atoms with E-state index >= 15 is 4.39 Å². The van der Waals surface area contributed by atoms with Crippen molar-refractivity contribution in [2.75, 3.05) is 38.6 Å². The van der Waals surface area contributed by atoms with Gasteiger partial charge in [-0.3, -0.25) is 9.78 Å². The average molecular weight is 623 g/mol. The van der Waals surface area contributed by atoms with E-state index in [0.29, 0.717) is 47.7 Å². The number of rotatable bonds is 6. The van der Waals surface area contributed by atoms with E-state index in [1.54, 1.807) is 29.6 Å². The lowest BCUT2D eigenvalue weighted by Gasteiger charge is -2.43. The van der Waals surface area contributed by atoms with Crippen molar-refractivity contribution < 1.29 is 9.18 Å². The summed E-state index contributed by atoms with van der Waals surface area (Å²) in [5.74, 6) is -0.0449. The Labute approximate surface area is 265 Å². The number of para-hydroxylation sites is 1. The molecule has 45 heavy (non-hydrogen) atoms. The summed E-state index contributed by atoms with van der Waals surface area (Å²) in [6.45, 7) is 5.61. The zero-order chi connectivity index (χ0) is 31.4. The second-order valence-corrected chi connectivity index (χ2v) is 12.5. The molecule has 2 saturated heterocycles. The van der Waals surface area contributed by atoms with Crippen LogP contribution in [0.5, 0.6) is 0 Å². The third-order valence-corrected chi connectivity index (χ3v) is 9.65. The van der Waals surface area contributed by atoms with E-state index in [4.69, 9.17) is 21.6 Å². The molecule has 5 aromatic rings. The van der Waals surface area contributed by atoms with Gasteiger partial charge in [-0.15, -0.1) is 0 Å². The number of hydrogen-bond donors (Lipinski definition) is 0. The lowest BCUT2D eigenvalue weighted by atomic mass is 9.94. The summed E-state index contributed by atoms with van der Waals surface area (Å²) < 4.78 is 19.0. The molecule has 2 aliphatic heterocycles. The van der Waals surface area contributed by atoms with Crippen molar-refractivity contribution in [3.8, 4) is 17.2 Å². The van der Waals surface area contributed by atoms with Gasteiger partial charge < -0.3 is 19.3 Å². The van der Waals surface area contributed by atoms with Crippen LogP contribution >= 0.6 is 11.6 Å². The van der Waals surface area contributed by atoms with Gasteiger partial charge in [0, 0.05) is 60.3 Å². The molecule has 5 heterocycles. The molecule has 228 valence electrons. The fourth-order valence-corrected chi connectivity index (χ4v) is 7.14. The van der Waals surface area contributed by atoms with Crippen LogP contribution in [0.1, 0.15) is 25.3 Å². The van der Waals surface area contributed by atoms with Crippen LogP contribution in [-0.2, 0) is 4.79 Å². The third-order valence-electron chi connectivity index (χ3n) is 9.35. The Morgan fingerprint density at radius 1 is 1.20 bits per heavy atom. The van der Waals surface area contributed by atoms with E-state index in [0.717, 1.165) is 29.5 Å². The van der Waals surface area contributed by atoms with Crippen LogP contribution in [0.25, 0.3) is 44.0 Å². The van der Waals surface area contributed by atoms with Gasteiger partial charge in [0.2, 0.25) is 5.91 Å². The van der Waals surface area contributed by atoms with Crippen molar-refractivity contribution >= 4 is 56.2 Å². The summed E-state index contributed by atoms with van der Waals surface area (Å²) in [5, 5.41) is 11.2. The van der Waals surface area contributed by atoms with Crippen LogP contribution in [0.2, 0.25) is 5.02 Å². The molecule has 0 unspecified atom stereocenters. The lowest BCUT2D eigenvalue weighted by molar-refractivity contribution is -0.130. The largest absolute Gasteiger partial charge is 0.351 e. The normalized spacial score (nSPS) is 18.9. The van der Waals surface area contributed by atoms with Crippen molar-refractivity contribution in [3.05, 3.63) is 72.4 Å². The molecular weight excluding hydrogens is 591 g/mol. The second kappa shape index (κ2) is 11.4. The first-order chi connectivity index (χ1) is 21.8. The van der Waals surface area contributed by atoms with Crippen LogP contribution in [-0.4, -0.2) is 81.0 Å². The van der Waals surface area contributed by atoms with Crippen molar-refractivity contribution in [2.45, 2.75) is 37.4 Å². The summed E-state index contributed by atoms with van der Waals surface area (Å²) in [5.41, 5.74) is 3.33. The number of benzene rings is 2. The Hall–Kier alpha value is -4.59. The molecule has 2 fully saturated rings. The van der Waals surface area contributed by atoms with Gasteiger partial charge in [0.25, 0.3) is 0 Å². The molecule has 2 aromatic carbocycles. The molecule has 0 radical (unpaired) electrons. The first kappa shape index (κ1) is 29.1. The zero-order valence-corrected chi connectivity index (χ0v) is 25.9. The quantitative estimate of drug-likeness (QED) is 0.215. The molecule has 2 atom stereocenters. The van der Waals surface area contributed by atoms with Gasteiger partial charge in [0.15, 0.2) is 11.6 Å². The number of piperidine rings is 1. The zero-order valence-electron chi connectivity index (χ0n) is 25.1. The van der Waals surface area contributed by atoms with E-state index in [1.807, 2.05) is 38.4 Å². The van der Waals surface area contributed by atoms with Gasteiger partial charge in [-0.25, -0.2) is 14.4 Å². The van der Waals surface area contributed by atoms with Crippen molar-refractivity contribution in [3.63, 3.8) is 0 Å². The van der Waals surface area contributed by atoms with Gasteiger partial charge in [-0.05, 0) is 56.8 Å². The van der Waals surface area contributed by atoms with Crippen LogP contribution in [0.4, 0.5) is 10.2 Å². The molecule has 0 saturated carbocycles. The lowest BCUT2D eigenvalue weighted by Crippen LogP contribution is -2.57. The first-order valence-corrected chi connectivity index (χ1v) is 15.4. The van der Waals surface area contributed by atoms with E-state index < -0.39 is 5.82 Å². The molecule has 0 spiro atoms. The van der Waals surface area contributed by atoms with Gasteiger partial charge >= 0.3 is 0 Å². The molecule has 7 rings (SSSR count). The molecule has 1 amide bonds. The molecule has 0 aliphatic carbocycles. The Kier molecular flexibility index (Phi) is 7.38. The second-order valence-electron chi connectivity index (χ2n) is 12.1. The number of likely N-dealkylation sites (tertiary alicyclic amines) is 1. The number of carbonyl (C=O) groups is 1. The van der Waals surface area contributed by atoms with Crippen LogP contribution in [0.3, 0.4) is 0 Å². The highest BCUT2D eigenvalue weighted by molar-refractivity contribution is 6.35. The Balaban J connectivity index is 1.43. The van der Waals surface area contributed by atoms with E-state index in [9.17, 15) is 10.1 Å². The highest BCUT2D eigenvalue weighted by Gasteiger charge is 2.35. The molecule has 2 aliphatic rings. The van der Waals surface area contributed by atoms with E-state index in [1.165, 1.54) is 6.08 Å². The molecule has 9 nitrogen and oxygen atoms in total. The summed E-state index contributed by atoms with van der Waals surface area (Å²) >= 11 is 6.95. The van der Waals surface area contributed by atoms with Crippen molar-refractivity contribution in [2.24, 2.45) is 0 Å². The standard InChI is InChI=1S/C34H32ClFN8O/c1-4-28(45)43-14-11-21(15-20(43)9-12-37)44-19-39-32-33(44)25-16-26(35)29(24-10-13-38-27-8-6-5-7-23(24)27)30(36)31(25)40-34(32)42-17-22(18-42)41(2)3/h4-8,10,13,16,19-22H,1,9,11,14-15,17-18H2,2-3H3/t20-,21+/m1/s1. The van der Waals surface area contributed by atoms with Crippen molar-refractivity contribution in [1.29, 1.82) is 5.26 Å². The number of aromatic nitrogens is 4. The molecular formula is C34H32ClFN8O. The number of fused-ring (bicyclic) bond motifs is 4. The van der Waals surface area contributed by atoms with Gasteiger partial charge in [-0.2, -0.15) is 5.26 Å². The Morgan fingerprint density at radius 2 is 2.00 bits per heavy atom. The highest BCUT2D eigenvalue weighted by atomic mass is 35.5. The van der Waals surface area contributed by atoms with Crippen LogP contribution < -0.4 is 4.90 Å².